The van der Waals surface area contributed by atoms with Crippen LogP contribution in [0.25, 0.3) is 5.57 Å². The fourth-order valence-electron chi connectivity index (χ4n) is 3.81. The third-order valence-electron chi connectivity index (χ3n) is 5.24. The number of aryl methyl sites for hydroxylation is 1. The molecule has 2 nitrogen and oxygen atoms in total. The molecule has 0 saturated heterocycles. The van der Waals surface area contributed by atoms with E-state index in [0.29, 0.717) is 5.56 Å². The molecule has 0 fully saturated rings. The summed E-state index contributed by atoms with van der Waals surface area (Å²) in [7, 11) is 0. The van der Waals surface area contributed by atoms with Gasteiger partial charge in [0.25, 0.3) is 0 Å². The maximum atomic E-state index is 14.9. The van der Waals surface area contributed by atoms with Gasteiger partial charge in [-0.25, -0.2) is 4.39 Å². The van der Waals surface area contributed by atoms with Gasteiger partial charge in [-0.3, -0.25) is 4.99 Å². The Balaban J connectivity index is 1.97. The largest absolute Gasteiger partial charge is 0.362 e. The van der Waals surface area contributed by atoms with E-state index in [1.807, 2.05) is 18.2 Å². The van der Waals surface area contributed by atoms with E-state index in [0.717, 1.165) is 36.3 Å². The van der Waals surface area contributed by atoms with Gasteiger partial charge in [-0.05, 0) is 69.0 Å². The lowest BCUT2D eigenvalue weighted by atomic mass is 9.87. The van der Waals surface area contributed by atoms with Gasteiger partial charge in [0.15, 0.2) is 0 Å². The third kappa shape index (κ3) is 3.97. The number of benzene rings is 2. The fraction of sp³-hybridized carbons (Fsp3) is 0.375. The summed E-state index contributed by atoms with van der Waals surface area (Å²) < 4.78 is 14.9. The molecule has 0 bridgehead atoms. The molecule has 0 radical (unpaired) electrons. The van der Waals surface area contributed by atoms with Crippen molar-refractivity contribution >= 4 is 23.2 Å². The summed E-state index contributed by atoms with van der Waals surface area (Å²) in [5.74, 6) is -0.228. The molecular formula is C24H29FN2. The van der Waals surface area contributed by atoms with Gasteiger partial charge in [0, 0.05) is 29.6 Å². The van der Waals surface area contributed by atoms with E-state index in [1.54, 1.807) is 12.3 Å². The zero-order valence-electron chi connectivity index (χ0n) is 17.0. The number of hydrogen-bond donors (Lipinski definition) is 0. The molecular weight excluding hydrogens is 335 g/mol. The van der Waals surface area contributed by atoms with Crippen LogP contribution in [0.4, 0.5) is 15.8 Å². The molecule has 0 unspecified atom stereocenters. The van der Waals surface area contributed by atoms with Crippen molar-refractivity contribution in [3.63, 3.8) is 0 Å². The van der Waals surface area contributed by atoms with Gasteiger partial charge in [-0.15, -0.1) is 0 Å². The van der Waals surface area contributed by atoms with E-state index in [9.17, 15) is 4.39 Å². The molecule has 0 aromatic heterocycles. The molecule has 1 heterocycles. The molecule has 142 valence electrons. The molecule has 3 heteroatoms. The van der Waals surface area contributed by atoms with E-state index < -0.39 is 0 Å². The average molecular weight is 365 g/mol. The Bertz CT molecular complexity index is 876. The Morgan fingerprint density at radius 3 is 2.44 bits per heavy atom. The molecule has 0 atom stereocenters. The lowest BCUT2D eigenvalue weighted by Gasteiger charge is -2.43. The maximum absolute atomic E-state index is 14.9. The van der Waals surface area contributed by atoms with E-state index in [-0.39, 0.29) is 11.4 Å². The predicted octanol–water partition coefficient (Wildman–Crippen LogP) is 6.55. The Morgan fingerprint density at radius 2 is 1.81 bits per heavy atom. The quantitative estimate of drug-likeness (QED) is 0.549. The average Bonchev–Trinajstić information content (AvgIpc) is 2.64. The fourth-order valence-corrected chi connectivity index (χ4v) is 3.81. The van der Waals surface area contributed by atoms with E-state index in [2.05, 4.69) is 62.7 Å². The number of anilines is 1. The monoisotopic (exact) mass is 364 g/mol. The first-order valence-corrected chi connectivity index (χ1v) is 9.79. The minimum absolute atomic E-state index is 0.115. The van der Waals surface area contributed by atoms with Crippen LogP contribution in [0.5, 0.6) is 0 Å². The smallest absolute Gasteiger partial charge is 0.134 e. The SMILES string of the molecule is CCCN1c2cc(F)c(C=Nc3ccc(CC)cc3)cc2C(C)=CC1(C)C. The van der Waals surface area contributed by atoms with E-state index >= 15 is 0 Å². The topological polar surface area (TPSA) is 15.6 Å². The van der Waals surface area contributed by atoms with Crippen molar-refractivity contribution in [2.24, 2.45) is 4.99 Å². The van der Waals surface area contributed by atoms with E-state index in [4.69, 9.17) is 0 Å². The zero-order valence-corrected chi connectivity index (χ0v) is 17.0. The highest BCUT2D eigenvalue weighted by molar-refractivity contribution is 5.89. The van der Waals surface area contributed by atoms with Gasteiger partial charge in [0.1, 0.15) is 5.82 Å². The van der Waals surface area contributed by atoms with Crippen molar-refractivity contribution in [2.45, 2.75) is 53.0 Å². The number of rotatable bonds is 5. The summed E-state index contributed by atoms with van der Waals surface area (Å²) in [5, 5.41) is 0. The van der Waals surface area contributed by atoms with Crippen LogP contribution in [0.3, 0.4) is 0 Å². The van der Waals surface area contributed by atoms with Crippen LogP contribution in [0.2, 0.25) is 0 Å². The molecule has 1 aliphatic rings. The Kier molecular flexibility index (Phi) is 5.50. The van der Waals surface area contributed by atoms with Crippen LogP contribution in [-0.4, -0.2) is 18.3 Å². The molecule has 0 N–H and O–H groups in total. The number of hydrogen-bond acceptors (Lipinski definition) is 2. The molecule has 27 heavy (non-hydrogen) atoms. The Hall–Kier alpha value is -2.42. The van der Waals surface area contributed by atoms with Gasteiger partial charge in [-0.1, -0.05) is 32.1 Å². The number of allylic oxidation sites excluding steroid dienone is 1. The molecule has 2 aromatic rings. The van der Waals surface area contributed by atoms with Gasteiger partial charge >= 0.3 is 0 Å². The van der Waals surface area contributed by atoms with Crippen molar-refractivity contribution in [2.75, 3.05) is 11.4 Å². The van der Waals surface area contributed by atoms with Crippen LogP contribution >= 0.6 is 0 Å². The van der Waals surface area contributed by atoms with Gasteiger partial charge in [0.2, 0.25) is 0 Å². The first-order valence-electron chi connectivity index (χ1n) is 9.79. The van der Waals surface area contributed by atoms with Crippen molar-refractivity contribution in [1.82, 2.24) is 0 Å². The lowest BCUT2D eigenvalue weighted by molar-refractivity contribution is 0.546. The molecule has 0 saturated carbocycles. The van der Waals surface area contributed by atoms with Gasteiger partial charge in [0.05, 0.1) is 11.2 Å². The molecule has 0 spiro atoms. The van der Waals surface area contributed by atoms with Crippen molar-refractivity contribution in [1.29, 1.82) is 0 Å². The van der Waals surface area contributed by atoms with Gasteiger partial charge in [-0.2, -0.15) is 0 Å². The van der Waals surface area contributed by atoms with Crippen LogP contribution < -0.4 is 4.90 Å². The summed E-state index contributed by atoms with van der Waals surface area (Å²) in [6.07, 6.45) is 5.93. The first kappa shape index (κ1) is 19.3. The third-order valence-corrected chi connectivity index (χ3v) is 5.24. The summed E-state index contributed by atoms with van der Waals surface area (Å²) in [6, 6.07) is 11.7. The second kappa shape index (κ2) is 7.67. The Labute approximate surface area is 162 Å². The maximum Gasteiger partial charge on any atom is 0.134 e. The molecule has 3 rings (SSSR count). The second-order valence-corrected chi connectivity index (χ2v) is 7.80. The van der Waals surface area contributed by atoms with Crippen LogP contribution in [-0.2, 0) is 6.42 Å². The Morgan fingerprint density at radius 1 is 1.11 bits per heavy atom. The number of fused-ring (bicyclic) bond motifs is 1. The standard InChI is InChI=1S/C24H29FN2/c1-6-12-27-23-14-22(25)19(13-21(23)17(3)15-24(27,4)5)16-26-20-10-8-18(7-2)9-11-20/h8-11,13-16H,6-7,12H2,1-5H3. The van der Waals surface area contributed by atoms with Crippen LogP contribution in [0.1, 0.15) is 57.7 Å². The summed E-state index contributed by atoms with van der Waals surface area (Å²) >= 11 is 0. The molecule has 0 amide bonds. The summed E-state index contributed by atoms with van der Waals surface area (Å²) in [4.78, 5) is 6.77. The highest BCUT2D eigenvalue weighted by atomic mass is 19.1. The normalized spacial score (nSPS) is 15.8. The number of aliphatic imine (C=N–C) groups is 1. The first-order chi connectivity index (χ1) is 12.9. The number of halogens is 1. The van der Waals surface area contributed by atoms with E-state index in [1.165, 1.54) is 11.1 Å². The predicted molar refractivity (Wildman–Crippen MR) is 115 cm³/mol. The second-order valence-electron chi connectivity index (χ2n) is 7.80. The lowest BCUT2D eigenvalue weighted by Crippen LogP contribution is -2.45. The van der Waals surface area contributed by atoms with Gasteiger partial charge < -0.3 is 4.90 Å². The van der Waals surface area contributed by atoms with Crippen molar-refractivity contribution < 1.29 is 4.39 Å². The molecule has 2 aromatic carbocycles. The highest BCUT2D eigenvalue weighted by Crippen LogP contribution is 2.40. The highest BCUT2D eigenvalue weighted by Gasteiger charge is 2.31. The number of nitrogens with zero attached hydrogens (tertiary/aromatic N) is 2. The summed E-state index contributed by atoms with van der Waals surface area (Å²) in [6.45, 7) is 11.7. The van der Waals surface area contributed by atoms with Crippen LogP contribution in [0.15, 0.2) is 47.5 Å². The zero-order chi connectivity index (χ0) is 19.6. The molecule has 1 aliphatic heterocycles. The van der Waals surface area contributed by atoms with Crippen LogP contribution in [0, 0.1) is 5.82 Å². The minimum atomic E-state index is -0.228. The van der Waals surface area contributed by atoms with Crippen molar-refractivity contribution in [3.8, 4) is 0 Å². The molecule has 0 aliphatic carbocycles. The minimum Gasteiger partial charge on any atom is -0.362 e. The van der Waals surface area contributed by atoms with Crippen molar-refractivity contribution in [3.05, 3.63) is 65.0 Å². The summed E-state index contributed by atoms with van der Waals surface area (Å²) in [5.41, 5.74) is 5.77.